The zero-order valence-corrected chi connectivity index (χ0v) is 17.0. The van der Waals surface area contributed by atoms with Crippen molar-refractivity contribution in [2.24, 2.45) is 0 Å². The number of aromatic nitrogens is 2. The molecule has 0 radical (unpaired) electrons. The van der Waals surface area contributed by atoms with E-state index in [1.165, 1.54) is 12.1 Å². The summed E-state index contributed by atoms with van der Waals surface area (Å²) in [5.74, 6) is -0.0521. The van der Waals surface area contributed by atoms with Crippen LogP contribution in [0, 0.1) is 20.6 Å². The highest BCUT2D eigenvalue weighted by atomic mass is 127. The first-order valence-corrected chi connectivity index (χ1v) is 9.76. The average Bonchev–Trinajstić information content (AvgIpc) is 3.11. The van der Waals surface area contributed by atoms with Crippen LogP contribution in [0.25, 0.3) is 11.5 Å². The fourth-order valence-corrected chi connectivity index (χ4v) is 3.11. The van der Waals surface area contributed by atoms with Crippen LogP contribution in [-0.2, 0) is 4.79 Å². The summed E-state index contributed by atoms with van der Waals surface area (Å²) in [5, 5.41) is 21.8. The number of nitrogens with zero attached hydrogens (tertiary/aromatic N) is 3. The number of hydrogen-bond acceptors (Lipinski definition) is 7. The number of nitrogens with one attached hydrogen (secondary N) is 1. The van der Waals surface area contributed by atoms with Gasteiger partial charge in [0, 0.05) is 15.2 Å². The lowest BCUT2D eigenvalue weighted by atomic mass is 10.2. The zero-order valence-electron chi connectivity index (χ0n) is 14.0. The van der Waals surface area contributed by atoms with E-state index in [0.29, 0.717) is 5.89 Å². The van der Waals surface area contributed by atoms with Gasteiger partial charge in [0.15, 0.2) is 0 Å². The van der Waals surface area contributed by atoms with Crippen LogP contribution in [0.1, 0.15) is 5.56 Å². The molecule has 27 heavy (non-hydrogen) atoms. The van der Waals surface area contributed by atoms with Crippen LogP contribution in [0.2, 0.25) is 0 Å². The number of rotatable bonds is 6. The van der Waals surface area contributed by atoms with Crippen molar-refractivity contribution in [2.45, 2.75) is 12.1 Å². The minimum absolute atomic E-state index is 0.0145. The number of hydrogen-bond donors (Lipinski definition) is 1. The Kier molecular flexibility index (Phi) is 6.06. The molecule has 0 unspecified atom stereocenters. The van der Waals surface area contributed by atoms with Gasteiger partial charge >= 0.3 is 0 Å². The molecule has 8 nitrogen and oxygen atoms in total. The molecule has 1 N–H and O–H groups in total. The normalized spacial score (nSPS) is 10.6. The average molecular weight is 496 g/mol. The molecule has 0 atom stereocenters. The van der Waals surface area contributed by atoms with Gasteiger partial charge in [0.2, 0.25) is 11.8 Å². The first-order valence-electron chi connectivity index (χ1n) is 7.69. The molecule has 10 heteroatoms. The summed E-state index contributed by atoms with van der Waals surface area (Å²) < 4.78 is 6.63. The molecule has 3 rings (SSSR count). The Labute approximate surface area is 172 Å². The number of amides is 1. The van der Waals surface area contributed by atoms with E-state index in [0.717, 1.165) is 26.5 Å². The molecule has 0 spiro atoms. The van der Waals surface area contributed by atoms with Gasteiger partial charge in [-0.2, -0.15) is 0 Å². The van der Waals surface area contributed by atoms with Crippen molar-refractivity contribution in [3.8, 4) is 11.5 Å². The highest BCUT2D eigenvalue weighted by Crippen LogP contribution is 2.27. The lowest BCUT2D eigenvalue weighted by molar-refractivity contribution is -0.384. The van der Waals surface area contributed by atoms with Gasteiger partial charge in [0.05, 0.1) is 10.7 Å². The Balaban J connectivity index is 1.62. The third kappa shape index (κ3) is 5.04. The predicted molar refractivity (Wildman–Crippen MR) is 110 cm³/mol. The molecule has 3 aromatic rings. The SMILES string of the molecule is Cc1ccc(NC(=O)CSc2nnc(-c3ccc(I)cc3)o2)c([N+](=O)[O-])c1. The second-order valence-electron chi connectivity index (χ2n) is 5.49. The van der Waals surface area contributed by atoms with Crippen molar-refractivity contribution in [1.82, 2.24) is 10.2 Å². The number of halogens is 1. The third-order valence-electron chi connectivity index (χ3n) is 3.45. The Morgan fingerprint density at radius 1 is 1.26 bits per heavy atom. The topological polar surface area (TPSA) is 111 Å². The Morgan fingerprint density at radius 2 is 2.00 bits per heavy atom. The standard InChI is InChI=1S/C17H13IN4O4S/c1-10-2-7-13(14(8-10)22(24)25)19-15(23)9-27-17-21-20-16(26-17)11-3-5-12(18)6-4-11/h2-8H,9H2,1H3,(H,19,23). The summed E-state index contributed by atoms with van der Waals surface area (Å²) in [6, 6.07) is 12.2. The maximum absolute atomic E-state index is 12.1. The summed E-state index contributed by atoms with van der Waals surface area (Å²) in [5.41, 5.74) is 1.53. The number of thioether (sulfide) groups is 1. The number of anilines is 1. The molecular weight excluding hydrogens is 483 g/mol. The van der Waals surface area contributed by atoms with Crippen LogP contribution < -0.4 is 5.32 Å². The van der Waals surface area contributed by atoms with Crippen molar-refractivity contribution in [3.63, 3.8) is 0 Å². The number of aryl methyl sites for hydroxylation is 1. The second-order valence-corrected chi connectivity index (χ2v) is 7.67. The zero-order chi connectivity index (χ0) is 19.4. The van der Waals surface area contributed by atoms with Gasteiger partial charge in [-0.15, -0.1) is 10.2 Å². The minimum atomic E-state index is -0.527. The molecule has 0 bridgehead atoms. The number of nitro groups is 1. The Morgan fingerprint density at radius 3 is 2.70 bits per heavy atom. The lowest BCUT2D eigenvalue weighted by Gasteiger charge is -2.05. The molecule has 0 saturated carbocycles. The molecule has 0 fully saturated rings. The molecule has 138 valence electrons. The van der Waals surface area contributed by atoms with Crippen molar-refractivity contribution >= 4 is 51.6 Å². The van der Waals surface area contributed by atoms with Crippen molar-refractivity contribution < 1.29 is 14.1 Å². The maximum atomic E-state index is 12.1. The predicted octanol–water partition coefficient (Wildman–Crippen LogP) is 4.29. The van der Waals surface area contributed by atoms with E-state index < -0.39 is 10.8 Å². The van der Waals surface area contributed by atoms with Crippen LogP contribution in [0.4, 0.5) is 11.4 Å². The first kappa shape index (κ1) is 19.3. The van der Waals surface area contributed by atoms with E-state index in [1.54, 1.807) is 13.0 Å². The van der Waals surface area contributed by atoms with Crippen LogP contribution in [0.5, 0.6) is 0 Å². The molecule has 2 aromatic carbocycles. The van der Waals surface area contributed by atoms with Crippen molar-refractivity contribution in [1.29, 1.82) is 0 Å². The van der Waals surface area contributed by atoms with E-state index in [4.69, 9.17) is 4.42 Å². The summed E-state index contributed by atoms with van der Waals surface area (Å²) in [4.78, 5) is 22.7. The number of benzene rings is 2. The van der Waals surface area contributed by atoms with E-state index in [1.807, 2.05) is 24.3 Å². The van der Waals surface area contributed by atoms with Gasteiger partial charge in [0.1, 0.15) is 5.69 Å². The fraction of sp³-hybridized carbons (Fsp3) is 0.118. The quantitative estimate of drug-likeness (QED) is 0.235. The second kappa shape index (κ2) is 8.48. The van der Waals surface area contributed by atoms with Gasteiger partial charge in [0.25, 0.3) is 10.9 Å². The summed E-state index contributed by atoms with van der Waals surface area (Å²) in [6.07, 6.45) is 0. The third-order valence-corrected chi connectivity index (χ3v) is 4.99. The van der Waals surface area contributed by atoms with Crippen LogP contribution in [0.3, 0.4) is 0 Å². The van der Waals surface area contributed by atoms with Gasteiger partial charge in [-0.25, -0.2) is 0 Å². The van der Waals surface area contributed by atoms with Crippen LogP contribution in [-0.4, -0.2) is 26.8 Å². The van der Waals surface area contributed by atoms with Gasteiger partial charge < -0.3 is 9.73 Å². The van der Waals surface area contributed by atoms with Gasteiger partial charge in [-0.05, 0) is 65.4 Å². The smallest absolute Gasteiger partial charge is 0.293 e. The first-order chi connectivity index (χ1) is 12.9. The Bertz CT molecular complexity index is 991. The molecule has 0 saturated heterocycles. The monoisotopic (exact) mass is 496 g/mol. The lowest BCUT2D eigenvalue weighted by Crippen LogP contribution is -2.15. The number of carbonyl (C=O) groups is 1. The molecule has 1 heterocycles. The highest BCUT2D eigenvalue weighted by Gasteiger charge is 2.17. The van der Waals surface area contributed by atoms with Crippen LogP contribution >= 0.6 is 34.4 Å². The van der Waals surface area contributed by atoms with Gasteiger partial charge in [-0.1, -0.05) is 17.8 Å². The molecule has 0 aliphatic carbocycles. The molecular formula is C17H13IN4O4S. The van der Waals surface area contributed by atoms with E-state index in [-0.39, 0.29) is 22.4 Å². The van der Waals surface area contributed by atoms with Crippen molar-refractivity contribution in [3.05, 3.63) is 61.7 Å². The molecule has 0 aliphatic rings. The summed E-state index contributed by atoms with van der Waals surface area (Å²) in [6.45, 7) is 1.75. The van der Waals surface area contributed by atoms with Crippen molar-refractivity contribution in [2.75, 3.05) is 11.1 Å². The van der Waals surface area contributed by atoms with E-state index in [2.05, 4.69) is 38.1 Å². The highest BCUT2D eigenvalue weighted by molar-refractivity contribution is 14.1. The maximum Gasteiger partial charge on any atom is 0.293 e. The Hall–Kier alpha value is -2.47. The fourth-order valence-electron chi connectivity index (χ4n) is 2.19. The molecule has 1 aromatic heterocycles. The van der Waals surface area contributed by atoms with Crippen LogP contribution in [0.15, 0.2) is 52.1 Å². The van der Waals surface area contributed by atoms with Gasteiger partial charge in [-0.3, -0.25) is 14.9 Å². The summed E-state index contributed by atoms with van der Waals surface area (Å²) in [7, 11) is 0. The van der Waals surface area contributed by atoms with E-state index in [9.17, 15) is 14.9 Å². The largest absolute Gasteiger partial charge is 0.411 e. The minimum Gasteiger partial charge on any atom is -0.411 e. The summed E-state index contributed by atoms with van der Waals surface area (Å²) >= 11 is 3.26. The number of nitro benzene ring substituents is 1. The molecule has 1 amide bonds. The number of carbonyl (C=O) groups excluding carboxylic acids is 1. The van der Waals surface area contributed by atoms with E-state index >= 15 is 0 Å². The molecule has 0 aliphatic heterocycles.